The standard InChI is InChI=1S/C43H85O10P/c1-4-7-9-11-13-15-17-19-21-23-25-27-29-31-33-35-41(44)50-38-40(39-51-54(48,49)53-43(46,47)37-6-3)52-42(45)36-34-32-30-28-26-24-22-20-18-16-14-12-10-8-5-2/h40,46-47H,4-39H2,1-3H3,(H,48,49)/t40-/m1/s1. The Morgan fingerprint density at radius 3 is 1.19 bits per heavy atom. The van der Waals surface area contributed by atoms with Crippen molar-refractivity contribution in [1.82, 2.24) is 0 Å². The molecule has 0 bridgehead atoms. The van der Waals surface area contributed by atoms with Crippen molar-refractivity contribution in [3.8, 4) is 0 Å². The predicted molar refractivity (Wildman–Crippen MR) is 219 cm³/mol. The first kappa shape index (κ1) is 53.0. The molecule has 0 aliphatic rings. The first-order valence-corrected chi connectivity index (χ1v) is 24.0. The van der Waals surface area contributed by atoms with Crippen LogP contribution < -0.4 is 0 Å². The van der Waals surface area contributed by atoms with E-state index in [1.807, 2.05) is 0 Å². The number of carbonyl (C=O) groups excluding carboxylic acids is 2. The molecule has 0 fully saturated rings. The molecule has 322 valence electrons. The third kappa shape index (κ3) is 37.9. The molecule has 2 atom stereocenters. The SMILES string of the molecule is CCCCCCCCCCCCCCCCCC(=O)OC[C@H](COP(=O)(O)OC(O)(O)CCC)OC(=O)CCCCCCCCCCCCCCCCC. The molecule has 11 heteroatoms. The number of carbonyl (C=O) groups is 2. The largest absolute Gasteiger partial charge is 0.476 e. The lowest BCUT2D eigenvalue weighted by Crippen LogP contribution is -2.32. The molecule has 0 saturated carbocycles. The van der Waals surface area contributed by atoms with Gasteiger partial charge in [-0.3, -0.25) is 14.1 Å². The highest BCUT2D eigenvalue weighted by Gasteiger charge is 2.36. The second-order valence-electron chi connectivity index (χ2n) is 15.5. The first-order chi connectivity index (χ1) is 26.0. The van der Waals surface area contributed by atoms with Gasteiger partial charge in [0, 0.05) is 19.3 Å². The fourth-order valence-corrected chi connectivity index (χ4v) is 7.53. The number of rotatable bonds is 42. The third-order valence-corrected chi connectivity index (χ3v) is 11.0. The number of esters is 2. The second-order valence-corrected chi connectivity index (χ2v) is 16.9. The van der Waals surface area contributed by atoms with Gasteiger partial charge < -0.3 is 24.6 Å². The van der Waals surface area contributed by atoms with Crippen molar-refractivity contribution in [2.75, 3.05) is 13.2 Å². The van der Waals surface area contributed by atoms with Crippen LogP contribution in [-0.2, 0) is 32.7 Å². The van der Waals surface area contributed by atoms with Gasteiger partial charge in [-0.2, -0.15) is 0 Å². The van der Waals surface area contributed by atoms with Crippen LogP contribution in [0.3, 0.4) is 0 Å². The van der Waals surface area contributed by atoms with Crippen LogP contribution in [0.25, 0.3) is 0 Å². The zero-order chi connectivity index (χ0) is 40.0. The Morgan fingerprint density at radius 1 is 0.500 bits per heavy atom. The van der Waals surface area contributed by atoms with Gasteiger partial charge in [0.25, 0.3) is 5.97 Å². The number of hydrogen-bond donors (Lipinski definition) is 3. The number of phosphoric ester groups is 1. The van der Waals surface area contributed by atoms with Gasteiger partial charge in [0.2, 0.25) is 0 Å². The van der Waals surface area contributed by atoms with Crippen molar-refractivity contribution in [3.63, 3.8) is 0 Å². The van der Waals surface area contributed by atoms with Crippen molar-refractivity contribution in [1.29, 1.82) is 0 Å². The molecular weight excluding hydrogens is 707 g/mol. The maximum atomic E-state index is 12.6. The Bertz CT molecular complexity index is 899. The van der Waals surface area contributed by atoms with Gasteiger partial charge in [-0.25, -0.2) is 9.09 Å². The smallest absolute Gasteiger partial charge is 0.462 e. The first-order valence-electron chi connectivity index (χ1n) is 22.5. The van der Waals surface area contributed by atoms with Gasteiger partial charge in [-0.1, -0.05) is 201 Å². The molecule has 0 aliphatic heterocycles. The Hall–Kier alpha value is -1.03. The van der Waals surface area contributed by atoms with Crippen molar-refractivity contribution < 1.29 is 47.8 Å². The number of ether oxygens (including phenoxy) is 2. The van der Waals surface area contributed by atoms with E-state index in [2.05, 4.69) is 18.4 Å². The summed E-state index contributed by atoms with van der Waals surface area (Å²) in [5.74, 6) is -3.81. The second kappa shape index (κ2) is 37.5. The zero-order valence-electron chi connectivity index (χ0n) is 35.2. The highest BCUT2D eigenvalue weighted by molar-refractivity contribution is 7.47. The van der Waals surface area contributed by atoms with E-state index >= 15 is 0 Å². The average molecular weight is 793 g/mol. The molecule has 3 N–H and O–H groups in total. The zero-order valence-corrected chi connectivity index (χ0v) is 36.1. The minimum Gasteiger partial charge on any atom is -0.462 e. The van der Waals surface area contributed by atoms with Crippen molar-refractivity contribution >= 4 is 19.8 Å². The monoisotopic (exact) mass is 793 g/mol. The number of hydrogen-bond acceptors (Lipinski definition) is 9. The van der Waals surface area contributed by atoms with E-state index in [4.69, 9.17) is 14.0 Å². The van der Waals surface area contributed by atoms with E-state index in [-0.39, 0.29) is 32.3 Å². The van der Waals surface area contributed by atoms with Crippen molar-refractivity contribution in [3.05, 3.63) is 0 Å². The Labute approximate surface area is 331 Å². The van der Waals surface area contributed by atoms with Gasteiger partial charge in [-0.05, 0) is 19.3 Å². The highest BCUT2D eigenvalue weighted by atomic mass is 31.2. The van der Waals surface area contributed by atoms with Gasteiger partial charge in [0.15, 0.2) is 6.10 Å². The summed E-state index contributed by atoms with van der Waals surface area (Å²) in [5, 5.41) is 19.6. The average Bonchev–Trinajstić information content (AvgIpc) is 3.12. The fraction of sp³-hybridized carbons (Fsp3) is 0.953. The van der Waals surface area contributed by atoms with Crippen molar-refractivity contribution in [2.24, 2.45) is 0 Å². The fourth-order valence-electron chi connectivity index (χ4n) is 6.66. The summed E-state index contributed by atoms with van der Waals surface area (Å²) in [7, 11) is -4.92. The molecular formula is C43H85O10P. The molecule has 0 spiro atoms. The molecule has 0 rings (SSSR count). The highest BCUT2D eigenvalue weighted by Crippen LogP contribution is 2.47. The van der Waals surface area contributed by atoms with Crippen LogP contribution in [0.2, 0.25) is 0 Å². The number of unbranched alkanes of at least 4 members (excludes halogenated alkanes) is 28. The Morgan fingerprint density at radius 2 is 0.833 bits per heavy atom. The lowest BCUT2D eigenvalue weighted by Gasteiger charge is -2.25. The van der Waals surface area contributed by atoms with Crippen LogP contribution >= 0.6 is 7.82 Å². The molecule has 0 aromatic heterocycles. The van der Waals surface area contributed by atoms with Crippen LogP contribution in [0.5, 0.6) is 0 Å². The topological polar surface area (TPSA) is 149 Å². The maximum Gasteiger partial charge on any atom is 0.476 e. The molecule has 0 aromatic carbocycles. The van der Waals surface area contributed by atoms with Gasteiger partial charge in [0.05, 0.1) is 6.61 Å². The molecule has 0 radical (unpaired) electrons. The summed E-state index contributed by atoms with van der Waals surface area (Å²) < 4.78 is 32.6. The van der Waals surface area contributed by atoms with Crippen LogP contribution in [0.15, 0.2) is 0 Å². The van der Waals surface area contributed by atoms with Crippen molar-refractivity contribution in [2.45, 2.75) is 251 Å². The summed E-state index contributed by atoms with van der Waals surface area (Å²) >= 11 is 0. The molecule has 10 nitrogen and oxygen atoms in total. The Balaban J connectivity index is 4.34. The Kier molecular flexibility index (Phi) is 36.8. The van der Waals surface area contributed by atoms with Crippen LogP contribution in [0.1, 0.15) is 239 Å². The van der Waals surface area contributed by atoms with Crippen LogP contribution in [-0.4, -0.2) is 52.3 Å². The lowest BCUT2D eigenvalue weighted by atomic mass is 10.0. The molecule has 1 unspecified atom stereocenters. The summed E-state index contributed by atoms with van der Waals surface area (Å²) in [4.78, 5) is 35.1. The van der Waals surface area contributed by atoms with E-state index in [1.165, 1.54) is 141 Å². The lowest BCUT2D eigenvalue weighted by molar-refractivity contribution is -0.302. The van der Waals surface area contributed by atoms with Gasteiger partial charge >= 0.3 is 19.8 Å². The number of aliphatic hydroxyl groups is 2. The number of phosphoric acid groups is 1. The minimum absolute atomic E-state index is 0.169. The maximum absolute atomic E-state index is 12.6. The molecule has 0 aromatic rings. The van der Waals surface area contributed by atoms with E-state index in [0.29, 0.717) is 12.8 Å². The van der Waals surface area contributed by atoms with Gasteiger partial charge in [-0.15, -0.1) is 0 Å². The predicted octanol–water partition coefficient (Wildman–Crippen LogP) is 12.5. The summed E-state index contributed by atoms with van der Waals surface area (Å²) in [5.41, 5.74) is 0. The van der Waals surface area contributed by atoms with E-state index in [9.17, 15) is 29.3 Å². The molecule has 0 aliphatic carbocycles. The van der Waals surface area contributed by atoms with E-state index < -0.39 is 38.4 Å². The minimum atomic E-state index is -4.92. The molecule has 0 amide bonds. The quantitative estimate of drug-likeness (QED) is 0.0236. The molecule has 54 heavy (non-hydrogen) atoms. The van der Waals surface area contributed by atoms with E-state index in [0.717, 1.165) is 38.5 Å². The summed E-state index contributed by atoms with van der Waals surface area (Å²) in [6.07, 6.45) is 35.9. The molecule has 0 saturated heterocycles. The van der Waals surface area contributed by atoms with Crippen LogP contribution in [0, 0.1) is 0 Å². The van der Waals surface area contributed by atoms with Crippen LogP contribution in [0.4, 0.5) is 0 Å². The summed E-state index contributed by atoms with van der Waals surface area (Å²) in [6, 6.07) is 0. The van der Waals surface area contributed by atoms with E-state index in [1.54, 1.807) is 6.92 Å². The molecule has 0 heterocycles. The normalized spacial score (nSPS) is 13.5. The third-order valence-electron chi connectivity index (χ3n) is 9.96. The van der Waals surface area contributed by atoms with Gasteiger partial charge in [0.1, 0.15) is 6.61 Å². The summed E-state index contributed by atoms with van der Waals surface area (Å²) in [6.45, 7) is 5.19.